The molecule has 0 saturated carbocycles. The normalized spacial score (nSPS) is 10.6. The molecule has 1 aromatic carbocycles. The summed E-state index contributed by atoms with van der Waals surface area (Å²) in [6, 6.07) is 7.90. The molecule has 0 fully saturated rings. The average Bonchev–Trinajstić information content (AvgIpc) is 3.11. The molecule has 0 aliphatic rings. The molecule has 0 bridgehead atoms. The van der Waals surface area contributed by atoms with Crippen LogP contribution in [-0.2, 0) is 13.1 Å². The minimum Gasteiger partial charge on any atom is -0.346 e. The van der Waals surface area contributed by atoms with Crippen molar-refractivity contribution in [3.63, 3.8) is 0 Å². The van der Waals surface area contributed by atoms with Crippen LogP contribution in [-0.4, -0.2) is 25.6 Å². The first-order valence-corrected chi connectivity index (χ1v) is 8.44. The van der Waals surface area contributed by atoms with Crippen LogP contribution in [0.4, 0.5) is 10.1 Å². The minimum absolute atomic E-state index is 0.0383. The lowest BCUT2D eigenvalue weighted by Crippen LogP contribution is -2.22. The molecule has 0 radical (unpaired) electrons. The molecule has 0 saturated heterocycles. The second-order valence-electron chi connectivity index (χ2n) is 5.42. The Kier molecular flexibility index (Phi) is 5.31. The number of aromatic nitrogens is 3. The van der Waals surface area contributed by atoms with E-state index in [1.54, 1.807) is 12.1 Å². The lowest BCUT2D eigenvalue weighted by molar-refractivity contribution is -0.385. The topological polar surface area (TPSA) is 120 Å². The lowest BCUT2D eigenvalue weighted by atomic mass is 10.2. The Morgan fingerprint density at radius 2 is 1.96 bits per heavy atom. The highest BCUT2D eigenvalue weighted by molar-refractivity contribution is 7.13. The van der Waals surface area contributed by atoms with Gasteiger partial charge in [0.05, 0.1) is 17.7 Å². The number of hydrogen-bond acceptors (Lipinski definition) is 7. The number of rotatable bonds is 6. The monoisotopic (exact) mass is 389 g/mol. The van der Waals surface area contributed by atoms with Gasteiger partial charge in [-0.3, -0.25) is 19.7 Å². The fraction of sp³-hybridized carbons (Fsp3) is 0.125. The van der Waals surface area contributed by atoms with Crippen molar-refractivity contribution in [1.29, 1.82) is 0 Å². The van der Waals surface area contributed by atoms with Crippen molar-refractivity contribution < 1.29 is 14.1 Å². The van der Waals surface area contributed by atoms with Gasteiger partial charge in [0, 0.05) is 18.7 Å². The molecule has 0 spiro atoms. The number of nitrogens with one attached hydrogen (secondary N) is 1. The predicted octanol–water partition coefficient (Wildman–Crippen LogP) is 1.73. The van der Waals surface area contributed by atoms with E-state index in [4.69, 9.17) is 0 Å². The predicted molar refractivity (Wildman–Crippen MR) is 93.9 cm³/mol. The zero-order valence-electron chi connectivity index (χ0n) is 13.7. The Hall–Kier alpha value is -3.47. The van der Waals surface area contributed by atoms with Crippen LogP contribution in [0, 0.1) is 15.9 Å². The van der Waals surface area contributed by atoms with Crippen molar-refractivity contribution in [2.24, 2.45) is 0 Å². The highest BCUT2D eigenvalue weighted by atomic mass is 32.1. The van der Waals surface area contributed by atoms with Gasteiger partial charge >= 0.3 is 0 Å². The van der Waals surface area contributed by atoms with Gasteiger partial charge in [-0.15, -0.1) is 10.2 Å². The van der Waals surface area contributed by atoms with Crippen molar-refractivity contribution in [3.8, 4) is 0 Å². The number of carbonyl (C=O) groups excluding carboxylic acids is 1. The standard InChI is InChI=1S/C16H12FN5O4S/c17-11-3-1-10(2-4-11)7-18-15(24)16-20-19-13(27-16)9-21-8-12(22(25)26)5-6-14(21)23/h1-6,8H,7,9H2,(H,18,24). The number of carbonyl (C=O) groups is 1. The van der Waals surface area contributed by atoms with Crippen molar-refractivity contribution >= 4 is 22.9 Å². The van der Waals surface area contributed by atoms with E-state index in [1.807, 2.05) is 0 Å². The molecule has 2 aromatic heterocycles. The van der Waals surface area contributed by atoms with E-state index in [2.05, 4.69) is 15.5 Å². The van der Waals surface area contributed by atoms with Crippen LogP contribution in [0.1, 0.15) is 20.4 Å². The van der Waals surface area contributed by atoms with Crippen LogP contribution in [0.15, 0.2) is 47.4 Å². The summed E-state index contributed by atoms with van der Waals surface area (Å²) in [6.07, 6.45) is 1.11. The summed E-state index contributed by atoms with van der Waals surface area (Å²) in [5.41, 5.74) is 0.0622. The Bertz CT molecular complexity index is 1050. The third kappa shape index (κ3) is 4.58. The SMILES string of the molecule is O=C(NCc1ccc(F)cc1)c1nnc(Cn2cc([N+](=O)[O-])ccc2=O)s1. The van der Waals surface area contributed by atoms with Crippen molar-refractivity contribution in [2.45, 2.75) is 13.1 Å². The van der Waals surface area contributed by atoms with Crippen LogP contribution in [0.2, 0.25) is 0 Å². The van der Waals surface area contributed by atoms with Gasteiger partial charge in [-0.2, -0.15) is 0 Å². The lowest BCUT2D eigenvalue weighted by Gasteiger charge is -2.03. The summed E-state index contributed by atoms with van der Waals surface area (Å²) in [5.74, 6) is -0.829. The van der Waals surface area contributed by atoms with Gasteiger partial charge in [0.2, 0.25) is 5.01 Å². The van der Waals surface area contributed by atoms with Gasteiger partial charge in [0.15, 0.2) is 0 Å². The second kappa shape index (κ2) is 7.83. The third-order valence-electron chi connectivity index (χ3n) is 3.51. The molecule has 27 heavy (non-hydrogen) atoms. The van der Waals surface area contributed by atoms with E-state index in [0.29, 0.717) is 5.01 Å². The summed E-state index contributed by atoms with van der Waals surface area (Å²) < 4.78 is 14.0. The number of hydrogen-bond donors (Lipinski definition) is 1. The summed E-state index contributed by atoms with van der Waals surface area (Å²) >= 11 is 0.973. The van der Waals surface area contributed by atoms with Crippen LogP contribution in [0.3, 0.4) is 0 Å². The van der Waals surface area contributed by atoms with Crippen LogP contribution in [0.25, 0.3) is 0 Å². The van der Waals surface area contributed by atoms with Crippen molar-refractivity contribution in [1.82, 2.24) is 20.1 Å². The van der Waals surface area contributed by atoms with Gasteiger partial charge in [0.1, 0.15) is 10.8 Å². The number of amides is 1. The Labute approximate surface area is 155 Å². The first kappa shape index (κ1) is 18.3. The number of pyridine rings is 1. The first-order valence-electron chi connectivity index (χ1n) is 7.62. The smallest absolute Gasteiger partial charge is 0.285 e. The summed E-state index contributed by atoms with van der Waals surface area (Å²) in [6.45, 7) is 0.155. The maximum Gasteiger partial charge on any atom is 0.285 e. The minimum atomic E-state index is -0.607. The molecule has 9 nitrogen and oxygen atoms in total. The number of nitro groups is 1. The molecule has 1 N–H and O–H groups in total. The molecule has 0 aliphatic carbocycles. The first-order chi connectivity index (χ1) is 12.9. The Morgan fingerprint density at radius 1 is 1.22 bits per heavy atom. The Morgan fingerprint density at radius 3 is 2.67 bits per heavy atom. The van der Waals surface area contributed by atoms with Gasteiger partial charge in [-0.05, 0) is 17.7 Å². The summed E-state index contributed by atoms with van der Waals surface area (Å²) in [4.78, 5) is 34.1. The van der Waals surface area contributed by atoms with Gasteiger partial charge in [-0.25, -0.2) is 4.39 Å². The van der Waals surface area contributed by atoms with Gasteiger partial charge < -0.3 is 9.88 Å². The Balaban J connectivity index is 1.66. The summed E-state index contributed by atoms with van der Waals surface area (Å²) in [5, 5.41) is 21.5. The molecule has 2 heterocycles. The quantitative estimate of drug-likeness (QED) is 0.506. The fourth-order valence-electron chi connectivity index (χ4n) is 2.17. The average molecular weight is 389 g/mol. The zero-order chi connectivity index (χ0) is 19.4. The molecule has 0 atom stereocenters. The maximum atomic E-state index is 12.9. The van der Waals surface area contributed by atoms with E-state index >= 15 is 0 Å². The molecule has 1 amide bonds. The largest absolute Gasteiger partial charge is 0.346 e. The third-order valence-corrected chi connectivity index (χ3v) is 4.42. The van der Waals surface area contributed by atoms with E-state index in [0.717, 1.165) is 39.8 Å². The zero-order valence-corrected chi connectivity index (χ0v) is 14.5. The number of benzene rings is 1. The molecule has 3 rings (SSSR count). The van der Waals surface area contributed by atoms with Gasteiger partial charge in [0.25, 0.3) is 17.2 Å². The maximum absolute atomic E-state index is 12.9. The molecule has 138 valence electrons. The van der Waals surface area contributed by atoms with E-state index in [-0.39, 0.29) is 29.6 Å². The van der Waals surface area contributed by atoms with Crippen molar-refractivity contribution in [2.75, 3.05) is 0 Å². The number of halogens is 1. The van der Waals surface area contributed by atoms with Crippen molar-refractivity contribution in [3.05, 3.63) is 84.5 Å². The van der Waals surface area contributed by atoms with E-state index < -0.39 is 16.4 Å². The fourth-order valence-corrected chi connectivity index (χ4v) is 2.92. The highest BCUT2D eigenvalue weighted by Crippen LogP contribution is 2.13. The van der Waals surface area contributed by atoms with Crippen LogP contribution >= 0.6 is 11.3 Å². The highest BCUT2D eigenvalue weighted by Gasteiger charge is 2.14. The van der Waals surface area contributed by atoms with Crippen LogP contribution in [0.5, 0.6) is 0 Å². The number of nitrogens with zero attached hydrogens (tertiary/aromatic N) is 4. The molecular formula is C16H12FN5O4S. The molecule has 3 aromatic rings. The van der Waals surface area contributed by atoms with Gasteiger partial charge in [-0.1, -0.05) is 23.5 Å². The summed E-state index contributed by atoms with van der Waals surface area (Å²) in [7, 11) is 0. The molecular weight excluding hydrogens is 377 g/mol. The van der Waals surface area contributed by atoms with E-state index in [9.17, 15) is 24.1 Å². The molecule has 11 heteroatoms. The molecule has 0 aliphatic heterocycles. The van der Waals surface area contributed by atoms with E-state index in [1.165, 1.54) is 12.1 Å². The second-order valence-corrected chi connectivity index (χ2v) is 6.48. The molecule has 0 unspecified atom stereocenters. The van der Waals surface area contributed by atoms with Crippen LogP contribution < -0.4 is 10.9 Å².